The Labute approximate surface area is 164 Å². The predicted molar refractivity (Wildman–Crippen MR) is 105 cm³/mol. The summed E-state index contributed by atoms with van der Waals surface area (Å²) in [5, 5.41) is 8.42. The first-order chi connectivity index (χ1) is 13.6. The van der Waals surface area contributed by atoms with E-state index in [0.717, 1.165) is 27.7 Å². The van der Waals surface area contributed by atoms with Crippen LogP contribution < -0.4 is 14.8 Å². The second-order valence-corrected chi connectivity index (χ2v) is 6.96. The van der Waals surface area contributed by atoms with E-state index >= 15 is 0 Å². The first kappa shape index (κ1) is 18.1. The van der Waals surface area contributed by atoms with E-state index in [0.29, 0.717) is 17.3 Å². The topological polar surface area (TPSA) is 90.9 Å². The molecule has 3 aromatic heterocycles. The van der Waals surface area contributed by atoms with Crippen LogP contribution in [0.2, 0.25) is 0 Å². The van der Waals surface area contributed by atoms with Crippen molar-refractivity contribution in [3.05, 3.63) is 47.3 Å². The molecule has 0 aliphatic heterocycles. The van der Waals surface area contributed by atoms with E-state index in [1.807, 2.05) is 34.2 Å². The zero-order valence-electron chi connectivity index (χ0n) is 15.6. The molecule has 0 saturated carbocycles. The number of hydrogen-bond donors (Lipinski definition) is 1. The van der Waals surface area contributed by atoms with Gasteiger partial charge in [-0.2, -0.15) is 0 Å². The molecule has 0 aliphatic rings. The van der Waals surface area contributed by atoms with Crippen molar-refractivity contribution in [1.82, 2.24) is 14.5 Å². The number of aryl methyl sites for hydroxylation is 1. The summed E-state index contributed by atoms with van der Waals surface area (Å²) in [6.07, 6.45) is 2.09. The number of ether oxygens (including phenoxy) is 2. The molecule has 0 unspecified atom stereocenters. The number of methoxy groups -OCH3 is 2. The molecular formula is C19H18N4O4S. The lowest BCUT2D eigenvalue weighted by Gasteiger charge is -2.08. The molecule has 9 heteroatoms. The van der Waals surface area contributed by atoms with E-state index in [-0.39, 0.29) is 12.3 Å². The van der Waals surface area contributed by atoms with Gasteiger partial charge >= 0.3 is 0 Å². The molecule has 0 saturated heterocycles. The highest BCUT2D eigenvalue weighted by molar-refractivity contribution is 7.15. The molecule has 0 spiro atoms. The lowest BCUT2D eigenvalue weighted by atomic mass is 10.1. The van der Waals surface area contributed by atoms with Gasteiger partial charge in [-0.1, -0.05) is 5.16 Å². The van der Waals surface area contributed by atoms with E-state index in [4.69, 9.17) is 14.0 Å². The summed E-state index contributed by atoms with van der Waals surface area (Å²) in [4.78, 5) is 17.8. The number of nitrogens with zero attached hydrogens (tertiary/aromatic N) is 3. The summed E-state index contributed by atoms with van der Waals surface area (Å²) in [5.41, 5.74) is 2.40. The molecule has 4 rings (SSSR count). The Morgan fingerprint density at radius 3 is 2.86 bits per heavy atom. The number of aromatic nitrogens is 3. The van der Waals surface area contributed by atoms with Crippen LogP contribution in [0.1, 0.15) is 11.5 Å². The van der Waals surface area contributed by atoms with Crippen molar-refractivity contribution < 1.29 is 18.8 Å². The van der Waals surface area contributed by atoms with Gasteiger partial charge in [0.1, 0.15) is 17.3 Å². The van der Waals surface area contributed by atoms with Crippen LogP contribution >= 0.6 is 11.3 Å². The first-order valence-corrected chi connectivity index (χ1v) is 9.36. The van der Waals surface area contributed by atoms with E-state index in [1.165, 1.54) is 11.3 Å². The molecule has 1 amide bonds. The third-order valence-corrected chi connectivity index (χ3v) is 5.09. The third kappa shape index (κ3) is 3.44. The maximum Gasteiger partial charge on any atom is 0.231 e. The summed E-state index contributed by atoms with van der Waals surface area (Å²) in [5.74, 6) is 2.28. The van der Waals surface area contributed by atoms with Gasteiger partial charge in [0.2, 0.25) is 5.91 Å². The van der Waals surface area contributed by atoms with Gasteiger partial charge in [-0.15, -0.1) is 11.3 Å². The number of thiazole rings is 1. The maximum absolute atomic E-state index is 12.3. The van der Waals surface area contributed by atoms with Crippen LogP contribution in [-0.4, -0.2) is 34.7 Å². The number of imidazole rings is 1. The highest BCUT2D eigenvalue weighted by Gasteiger charge is 2.16. The smallest absolute Gasteiger partial charge is 0.231 e. The van der Waals surface area contributed by atoms with Crippen LogP contribution in [-0.2, 0) is 11.2 Å². The maximum atomic E-state index is 12.3. The molecule has 8 nitrogen and oxygen atoms in total. The standard InChI is InChI=1S/C19H18N4O4S/c1-11-6-17(22-27-11)21-18(24)7-12-10-28-19-20-15(9-23(12)19)14-8-13(25-2)4-5-16(14)26-3/h4-6,8-10H,7H2,1-3H3,(H,21,22,24). The largest absolute Gasteiger partial charge is 0.497 e. The van der Waals surface area contributed by atoms with Gasteiger partial charge in [-0.3, -0.25) is 9.20 Å². The van der Waals surface area contributed by atoms with Crippen LogP contribution in [0.4, 0.5) is 5.82 Å². The average molecular weight is 398 g/mol. The van der Waals surface area contributed by atoms with E-state index < -0.39 is 0 Å². The van der Waals surface area contributed by atoms with E-state index in [2.05, 4.69) is 15.5 Å². The monoisotopic (exact) mass is 398 g/mol. The van der Waals surface area contributed by atoms with Crippen LogP contribution in [0.25, 0.3) is 16.2 Å². The minimum absolute atomic E-state index is 0.179. The molecule has 4 aromatic rings. The molecule has 3 heterocycles. The van der Waals surface area contributed by atoms with Gasteiger partial charge < -0.3 is 19.3 Å². The molecule has 0 aliphatic carbocycles. The van der Waals surface area contributed by atoms with Crippen molar-refractivity contribution in [3.63, 3.8) is 0 Å². The highest BCUT2D eigenvalue weighted by Crippen LogP contribution is 2.34. The van der Waals surface area contributed by atoms with Gasteiger partial charge in [0.25, 0.3) is 0 Å². The Morgan fingerprint density at radius 2 is 2.14 bits per heavy atom. The Balaban J connectivity index is 1.61. The number of anilines is 1. The van der Waals surface area contributed by atoms with Gasteiger partial charge in [-0.05, 0) is 25.1 Å². The SMILES string of the molecule is COc1ccc(OC)c(-c2cn3c(CC(=O)Nc4cc(C)on4)csc3n2)c1. The van der Waals surface area contributed by atoms with Crippen molar-refractivity contribution in [2.75, 3.05) is 19.5 Å². The zero-order valence-corrected chi connectivity index (χ0v) is 16.4. The van der Waals surface area contributed by atoms with Gasteiger partial charge in [0.15, 0.2) is 10.8 Å². The fraction of sp³-hybridized carbons (Fsp3) is 0.211. The van der Waals surface area contributed by atoms with Crippen LogP contribution in [0.3, 0.4) is 0 Å². The molecule has 1 N–H and O–H groups in total. The second-order valence-electron chi connectivity index (χ2n) is 6.12. The number of nitrogens with one attached hydrogen (secondary N) is 1. The lowest BCUT2D eigenvalue weighted by molar-refractivity contribution is -0.115. The molecule has 144 valence electrons. The number of carbonyl (C=O) groups is 1. The van der Waals surface area contributed by atoms with Gasteiger partial charge in [0, 0.05) is 28.9 Å². The van der Waals surface area contributed by atoms with Crippen molar-refractivity contribution in [1.29, 1.82) is 0 Å². The molecule has 0 radical (unpaired) electrons. The van der Waals surface area contributed by atoms with Crippen molar-refractivity contribution in [2.24, 2.45) is 0 Å². The quantitative estimate of drug-likeness (QED) is 0.534. The van der Waals surface area contributed by atoms with Crippen molar-refractivity contribution in [3.8, 4) is 22.8 Å². The average Bonchev–Trinajstić information content (AvgIpc) is 3.38. The Bertz CT molecular complexity index is 1140. The zero-order chi connectivity index (χ0) is 19.7. The lowest BCUT2D eigenvalue weighted by Crippen LogP contribution is -2.15. The Kier molecular flexibility index (Phi) is 4.74. The fourth-order valence-electron chi connectivity index (χ4n) is 2.88. The number of hydrogen-bond acceptors (Lipinski definition) is 7. The summed E-state index contributed by atoms with van der Waals surface area (Å²) >= 11 is 1.47. The van der Waals surface area contributed by atoms with Crippen LogP contribution in [0, 0.1) is 6.92 Å². The summed E-state index contributed by atoms with van der Waals surface area (Å²) in [7, 11) is 3.23. The molecule has 1 aromatic carbocycles. The molecule has 28 heavy (non-hydrogen) atoms. The fourth-order valence-corrected chi connectivity index (χ4v) is 3.75. The number of amides is 1. The molecule has 0 fully saturated rings. The molecule has 0 atom stereocenters. The number of fused-ring (bicyclic) bond motifs is 1. The van der Waals surface area contributed by atoms with E-state index in [9.17, 15) is 4.79 Å². The Hall–Kier alpha value is -3.33. The minimum atomic E-state index is -0.179. The minimum Gasteiger partial charge on any atom is -0.497 e. The summed E-state index contributed by atoms with van der Waals surface area (Å²) in [6.45, 7) is 1.77. The van der Waals surface area contributed by atoms with E-state index in [1.54, 1.807) is 27.2 Å². The number of benzene rings is 1. The second kappa shape index (κ2) is 7.35. The normalized spacial score (nSPS) is 11.0. The highest BCUT2D eigenvalue weighted by atomic mass is 32.1. The van der Waals surface area contributed by atoms with Crippen LogP contribution in [0.15, 0.2) is 40.4 Å². The third-order valence-electron chi connectivity index (χ3n) is 4.20. The summed E-state index contributed by atoms with van der Waals surface area (Å²) < 4.78 is 17.6. The molecular weight excluding hydrogens is 380 g/mol. The summed E-state index contributed by atoms with van der Waals surface area (Å²) in [6, 6.07) is 7.23. The van der Waals surface area contributed by atoms with Crippen molar-refractivity contribution >= 4 is 28.0 Å². The first-order valence-electron chi connectivity index (χ1n) is 8.48. The van der Waals surface area contributed by atoms with Gasteiger partial charge in [-0.25, -0.2) is 4.98 Å². The Morgan fingerprint density at radius 1 is 1.29 bits per heavy atom. The molecule has 0 bridgehead atoms. The predicted octanol–water partition coefficient (Wildman–Crippen LogP) is 3.56. The number of carbonyl (C=O) groups excluding carboxylic acids is 1. The van der Waals surface area contributed by atoms with Crippen LogP contribution in [0.5, 0.6) is 11.5 Å². The van der Waals surface area contributed by atoms with Gasteiger partial charge in [0.05, 0.1) is 26.3 Å². The number of rotatable bonds is 6. The van der Waals surface area contributed by atoms with Crippen molar-refractivity contribution in [2.45, 2.75) is 13.3 Å².